The quantitative estimate of drug-likeness (QED) is 0.757. The van der Waals surface area contributed by atoms with E-state index in [2.05, 4.69) is 16.4 Å². The molecule has 0 fully saturated rings. The Balaban J connectivity index is 2.28. The number of halogens is 1. The van der Waals surface area contributed by atoms with Crippen LogP contribution in [0.5, 0.6) is 0 Å². The van der Waals surface area contributed by atoms with Crippen LogP contribution in [0.15, 0.2) is 18.3 Å². The molecule has 92 valence electrons. The molecule has 2 heterocycles. The lowest BCUT2D eigenvalue weighted by Crippen LogP contribution is -2.20. The molecule has 1 unspecified atom stereocenters. The van der Waals surface area contributed by atoms with E-state index in [1.54, 1.807) is 12.3 Å². The molecule has 0 saturated heterocycles. The maximum atomic E-state index is 9.48. The Morgan fingerprint density at radius 2 is 2.35 bits per heavy atom. The van der Waals surface area contributed by atoms with E-state index < -0.39 is 6.10 Å². The van der Waals surface area contributed by atoms with Gasteiger partial charge in [-0.2, -0.15) is 0 Å². The fraction of sp³-hybridized carbons (Fsp3) is 0.417. The summed E-state index contributed by atoms with van der Waals surface area (Å²) in [6, 6.07) is 1.66. The second kappa shape index (κ2) is 5.60. The number of pyridine rings is 1. The van der Waals surface area contributed by atoms with E-state index in [9.17, 15) is 5.11 Å². The zero-order valence-corrected chi connectivity index (χ0v) is 10.1. The molecule has 0 aromatic carbocycles. The Kier molecular flexibility index (Phi) is 4.12. The molecule has 4 nitrogen and oxygen atoms in total. The normalized spacial score (nSPS) is 17.7. The first-order valence-corrected chi connectivity index (χ1v) is 5.94. The summed E-state index contributed by atoms with van der Waals surface area (Å²) in [7, 11) is 0. The van der Waals surface area contributed by atoms with E-state index in [1.807, 2.05) is 0 Å². The molecule has 2 rings (SSSR count). The summed E-state index contributed by atoms with van der Waals surface area (Å²) in [6.07, 6.45) is 3.61. The number of nitrogens with zero attached hydrogens (tertiary/aromatic N) is 1. The van der Waals surface area contributed by atoms with Crippen LogP contribution in [0.4, 0.5) is 0 Å². The zero-order chi connectivity index (χ0) is 12.3. The van der Waals surface area contributed by atoms with Gasteiger partial charge in [-0.3, -0.25) is 4.98 Å². The highest BCUT2D eigenvalue weighted by atomic mass is 35.5. The van der Waals surface area contributed by atoms with E-state index >= 15 is 0 Å². The fourth-order valence-electron chi connectivity index (χ4n) is 1.81. The van der Waals surface area contributed by atoms with Crippen molar-refractivity contribution in [3.05, 3.63) is 34.6 Å². The molecule has 5 heteroatoms. The number of aromatic nitrogens is 1. The minimum Gasteiger partial charge on any atom is -0.393 e. The second-order valence-corrected chi connectivity index (χ2v) is 4.39. The van der Waals surface area contributed by atoms with Gasteiger partial charge < -0.3 is 15.5 Å². The molecule has 0 saturated carbocycles. The van der Waals surface area contributed by atoms with Gasteiger partial charge in [0.15, 0.2) is 0 Å². The second-order valence-electron chi connectivity index (χ2n) is 3.98. The largest absolute Gasteiger partial charge is 0.393 e. The van der Waals surface area contributed by atoms with E-state index in [4.69, 9.17) is 16.7 Å². The van der Waals surface area contributed by atoms with Crippen LogP contribution in [0.1, 0.15) is 23.8 Å². The number of hydrogen-bond acceptors (Lipinski definition) is 4. The van der Waals surface area contributed by atoms with Gasteiger partial charge in [0, 0.05) is 18.3 Å². The van der Waals surface area contributed by atoms with Crippen LogP contribution in [0.2, 0.25) is 5.02 Å². The Hall–Kier alpha value is -0.940. The van der Waals surface area contributed by atoms with E-state index in [-0.39, 0.29) is 6.61 Å². The van der Waals surface area contributed by atoms with Crippen molar-refractivity contribution in [1.29, 1.82) is 0 Å². The summed E-state index contributed by atoms with van der Waals surface area (Å²) in [4.78, 5) is 4.27. The molecule has 0 spiro atoms. The summed E-state index contributed by atoms with van der Waals surface area (Å²) in [5.41, 5.74) is 2.43. The van der Waals surface area contributed by atoms with Crippen LogP contribution >= 0.6 is 11.6 Å². The molecule has 1 aliphatic heterocycles. The van der Waals surface area contributed by atoms with Crippen molar-refractivity contribution >= 4 is 17.2 Å². The summed E-state index contributed by atoms with van der Waals surface area (Å²) in [5.74, 6) is 0. The zero-order valence-electron chi connectivity index (χ0n) is 9.36. The molecule has 0 bridgehead atoms. The number of aliphatic hydroxyl groups excluding tert-OH is 2. The van der Waals surface area contributed by atoms with Gasteiger partial charge in [-0.05, 0) is 24.6 Å². The molecule has 1 aliphatic rings. The number of hydrogen-bond donors (Lipinski definition) is 3. The Bertz CT molecular complexity index is 435. The lowest BCUT2D eigenvalue weighted by Gasteiger charge is -2.15. The predicted octanol–water partition coefficient (Wildman–Crippen LogP) is 1.14. The monoisotopic (exact) mass is 254 g/mol. The minimum atomic E-state index is -0.920. The van der Waals surface area contributed by atoms with Crippen molar-refractivity contribution in [3.63, 3.8) is 0 Å². The molecule has 17 heavy (non-hydrogen) atoms. The average Bonchev–Trinajstić information content (AvgIpc) is 2.38. The van der Waals surface area contributed by atoms with Crippen LogP contribution in [0.25, 0.3) is 5.57 Å². The van der Waals surface area contributed by atoms with Crippen LogP contribution in [0, 0.1) is 0 Å². The molecule has 3 N–H and O–H groups in total. The Morgan fingerprint density at radius 3 is 2.94 bits per heavy atom. The van der Waals surface area contributed by atoms with Gasteiger partial charge in [-0.1, -0.05) is 17.7 Å². The minimum absolute atomic E-state index is 0.329. The number of aliphatic hydroxyl groups is 2. The van der Waals surface area contributed by atoms with Gasteiger partial charge >= 0.3 is 0 Å². The first-order chi connectivity index (χ1) is 8.22. The molecular formula is C12H15ClN2O2. The summed E-state index contributed by atoms with van der Waals surface area (Å²) < 4.78 is 0. The van der Waals surface area contributed by atoms with Crippen molar-refractivity contribution in [1.82, 2.24) is 10.3 Å². The van der Waals surface area contributed by atoms with Gasteiger partial charge in [-0.25, -0.2) is 0 Å². The standard InChI is InChI=1S/C12H15ClN2O2/c13-10-5-9(11(17)7-16)6-15-12(10)8-1-3-14-4-2-8/h1,5-6,11,14,16-17H,2-4,7H2. The summed E-state index contributed by atoms with van der Waals surface area (Å²) >= 11 is 6.15. The van der Waals surface area contributed by atoms with Crippen LogP contribution in [-0.4, -0.2) is 34.9 Å². The van der Waals surface area contributed by atoms with Crippen molar-refractivity contribution in [2.75, 3.05) is 19.7 Å². The maximum absolute atomic E-state index is 9.48. The predicted molar refractivity (Wildman–Crippen MR) is 66.8 cm³/mol. The Morgan fingerprint density at radius 1 is 1.53 bits per heavy atom. The summed E-state index contributed by atoms with van der Waals surface area (Å²) in [6.45, 7) is 1.42. The third-order valence-electron chi connectivity index (χ3n) is 2.79. The molecule has 1 aromatic heterocycles. The molecule has 0 radical (unpaired) electrons. The highest BCUT2D eigenvalue weighted by Gasteiger charge is 2.14. The van der Waals surface area contributed by atoms with E-state index in [1.165, 1.54) is 0 Å². The SMILES string of the molecule is OCC(O)c1cnc(C2=CCNCC2)c(Cl)c1. The first kappa shape index (κ1) is 12.5. The fourth-order valence-corrected chi connectivity index (χ4v) is 2.11. The Labute approximate surface area is 105 Å². The van der Waals surface area contributed by atoms with Crippen molar-refractivity contribution in [2.24, 2.45) is 0 Å². The highest BCUT2D eigenvalue weighted by Crippen LogP contribution is 2.27. The maximum Gasteiger partial charge on any atom is 0.104 e. The van der Waals surface area contributed by atoms with Crippen LogP contribution in [-0.2, 0) is 0 Å². The third kappa shape index (κ3) is 2.84. The lowest BCUT2D eigenvalue weighted by molar-refractivity contribution is 0.0953. The number of rotatable bonds is 3. The van der Waals surface area contributed by atoms with Crippen molar-refractivity contribution < 1.29 is 10.2 Å². The molecule has 1 aromatic rings. The highest BCUT2D eigenvalue weighted by molar-refractivity contribution is 6.32. The van der Waals surface area contributed by atoms with Crippen molar-refractivity contribution in [3.8, 4) is 0 Å². The topological polar surface area (TPSA) is 65.4 Å². The van der Waals surface area contributed by atoms with Gasteiger partial charge in [0.1, 0.15) is 6.10 Å². The molecule has 0 aliphatic carbocycles. The van der Waals surface area contributed by atoms with Crippen molar-refractivity contribution in [2.45, 2.75) is 12.5 Å². The lowest BCUT2D eigenvalue weighted by atomic mass is 10.0. The van der Waals surface area contributed by atoms with Crippen LogP contribution in [0.3, 0.4) is 0 Å². The molecule has 0 amide bonds. The van der Waals surface area contributed by atoms with Gasteiger partial charge in [0.2, 0.25) is 0 Å². The molecular weight excluding hydrogens is 240 g/mol. The van der Waals surface area contributed by atoms with E-state index in [0.29, 0.717) is 10.6 Å². The van der Waals surface area contributed by atoms with Crippen LogP contribution < -0.4 is 5.32 Å². The average molecular weight is 255 g/mol. The molecule has 1 atom stereocenters. The van der Waals surface area contributed by atoms with Gasteiger partial charge in [0.25, 0.3) is 0 Å². The van der Waals surface area contributed by atoms with Gasteiger partial charge in [0.05, 0.1) is 17.3 Å². The first-order valence-electron chi connectivity index (χ1n) is 5.57. The van der Waals surface area contributed by atoms with E-state index in [0.717, 1.165) is 30.8 Å². The summed E-state index contributed by atoms with van der Waals surface area (Å²) in [5, 5.41) is 22.1. The van der Waals surface area contributed by atoms with Gasteiger partial charge in [-0.15, -0.1) is 0 Å². The smallest absolute Gasteiger partial charge is 0.104 e. The third-order valence-corrected chi connectivity index (χ3v) is 3.08. The number of nitrogens with one attached hydrogen (secondary N) is 1.